The number of carbonyl (C=O) groups is 2. The first-order chi connectivity index (χ1) is 20.3. The van der Waals surface area contributed by atoms with Crippen molar-refractivity contribution in [1.82, 2.24) is 15.6 Å². The van der Waals surface area contributed by atoms with E-state index in [-0.39, 0.29) is 11.3 Å². The van der Waals surface area contributed by atoms with Gasteiger partial charge in [0.1, 0.15) is 11.5 Å². The Hall–Kier alpha value is -4.67. The van der Waals surface area contributed by atoms with Crippen LogP contribution in [0.15, 0.2) is 77.6 Å². The van der Waals surface area contributed by atoms with Gasteiger partial charge in [0.05, 0.1) is 18.2 Å². The second-order valence-electron chi connectivity index (χ2n) is 10.4. The third-order valence-electron chi connectivity index (χ3n) is 7.65. The molecule has 0 bridgehead atoms. The topological polar surface area (TPSA) is 161 Å². The maximum atomic E-state index is 13.1. The van der Waals surface area contributed by atoms with Crippen LogP contribution in [0.2, 0.25) is 0 Å². The summed E-state index contributed by atoms with van der Waals surface area (Å²) in [6.07, 6.45) is 1.54. The lowest BCUT2D eigenvalue weighted by molar-refractivity contribution is -0.144. The molecule has 0 saturated carbocycles. The van der Waals surface area contributed by atoms with Crippen molar-refractivity contribution in [2.24, 2.45) is 0 Å². The summed E-state index contributed by atoms with van der Waals surface area (Å²) in [6, 6.07) is 20.0. The molecule has 1 unspecified atom stereocenters. The predicted molar refractivity (Wildman–Crippen MR) is 157 cm³/mol. The number of ether oxygens (including phenoxy) is 1. The van der Waals surface area contributed by atoms with Gasteiger partial charge in [0.25, 0.3) is 5.91 Å². The maximum absolute atomic E-state index is 13.1. The van der Waals surface area contributed by atoms with E-state index < -0.39 is 23.5 Å². The van der Waals surface area contributed by atoms with Crippen LogP contribution in [0.25, 0.3) is 10.9 Å². The van der Waals surface area contributed by atoms with E-state index in [1.165, 1.54) is 12.1 Å². The van der Waals surface area contributed by atoms with Gasteiger partial charge in [-0.2, -0.15) is 0 Å². The third kappa shape index (κ3) is 6.00. The van der Waals surface area contributed by atoms with E-state index in [4.69, 9.17) is 4.74 Å². The van der Waals surface area contributed by atoms with Crippen LogP contribution in [0.5, 0.6) is 11.5 Å². The van der Waals surface area contributed by atoms with Crippen LogP contribution in [-0.2, 0) is 16.8 Å². The fraction of sp³-hybridized carbons (Fsp3) is 0.281. The van der Waals surface area contributed by atoms with Crippen molar-refractivity contribution in [2.45, 2.75) is 37.3 Å². The van der Waals surface area contributed by atoms with Crippen molar-refractivity contribution in [3.63, 3.8) is 0 Å². The molecule has 218 valence electrons. The number of aliphatic hydroxyl groups excluding tert-OH is 1. The van der Waals surface area contributed by atoms with Gasteiger partial charge in [-0.25, -0.2) is 4.79 Å². The molecule has 10 heteroatoms. The highest BCUT2D eigenvalue weighted by atomic mass is 16.5. The Balaban J connectivity index is 1.08. The molecule has 1 aliphatic rings. The van der Waals surface area contributed by atoms with Gasteiger partial charge in [-0.1, -0.05) is 36.4 Å². The smallest absolute Gasteiger partial charge is 0.334 e. The fourth-order valence-corrected chi connectivity index (χ4v) is 5.45. The number of aromatic hydroxyl groups is 1. The van der Waals surface area contributed by atoms with Gasteiger partial charge in [0.2, 0.25) is 5.56 Å². The molecular weight excluding hydrogens is 538 g/mol. The number of fused-ring (bicyclic) bond motifs is 2. The number of H-pyrrole nitrogens is 1. The van der Waals surface area contributed by atoms with Crippen molar-refractivity contribution in [2.75, 3.05) is 19.7 Å². The number of unbranched alkanes of at least 4 members (excludes halogenated alkanes) is 1. The number of rotatable bonds is 12. The summed E-state index contributed by atoms with van der Waals surface area (Å²) in [4.78, 5) is 39.6. The van der Waals surface area contributed by atoms with Gasteiger partial charge in [-0.15, -0.1) is 0 Å². The lowest BCUT2D eigenvalue weighted by Crippen LogP contribution is -2.50. The molecule has 1 heterocycles. The van der Waals surface area contributed by atoms with Gasteiger partial charge in [-0.05, 0) is 79.3 Å². The summed E-state index contributed by atoms with van der Waals surface area (Å²) in [5.41, 5.74) is 0.966. The Morgan fingerprint density at radius 2 is 1.86 bits per heavy atom. The van der Waals surface area contributed by atoms with Gasteiger partial charge in [0.15, 0.2) is 5.54 Å². The molecule has 42 heavy (non-hydrogen) atoms. The Bertz CT molecular complexity index is 1670. The van der Waals surface area contributed by atoms with E-state index >= 15 is 0 Å². The number of hydrogen-bond acceptors (Lipinski definition) is 7. The first-order valence-electron chi connectivity index (χ1n) is 13.9. The standard InChI is InChI=1S/C32H33N3O7/c36-26-12-10-23(24-11-13-28(38)34-29(24)26)27(37)19-33-16-3-4-17-42-22-8-5-7-21(18-22)30(39)35-32(31(40)41)15-14-20-6-1-2-9-25(20)32/h1-2,5-13,18,27,33,36-37H,3-4,14-17,19H2,(H,34,38)(H,35,39)(H,40,41)/t27-,32?/m0/s1. The number of aliphatic hydroxyl groups is 1. The number of carboxylic acid groups (broad SMARTS) is 1. The van der Waals surface area contributed by atoms with E-state index in [1.807, 2.05) is 12.1 Å². The molecule has 2 atom stereocenters. The number of nitrogens with one attached hydrogen (secondary N) is 3. The number of aliphatic carboxylic acids is 1. The van der Waals surface area contributed by atoms with E-state index in [0.717, 1.165) is 18.4 Å². The van der Waals surface area contributed by atoms with Gasteiger partial charge >= 0.3 is 5.97 Å². The molecule has 1 amide bonds. The maximum Gasteiger partial charge on any atom is 0.334 e. The molecule has 0 aliphatic heterocycles. The van der Waals surface area contributed by atoms with E-state index in [1.54, 1.807) is 48.5 Å². The van der Waals surface area contributed by atoms with Crippen LogP contribution in [0, 0.1) is 0 Å². The molecule has 3 aromatic carbocycles. The molecule has 6 N–H and O–H groups in total. The number of phenols is 1. The number of benzene rings is 3. The Morgan fingerprint density at radius 1 is 1.02 bits per heavy atom. The monoisotopic (exact) mass is 571 g/mol. The lowest BCUT2D eigenvalue weighted by Gasteiger charge is -2.27. The zero-order valence-corrected chi connectivity index (χ0v) is 22.9. The molecule has 10 nitrogen and oxygen atoms in total. The Morgan fingerprint density at radius 3 is 2.69 bits per heavy atom. The zero-order chi connectivity index (χ0) is 29.7. The lowest BCUT2D eigenvalue weighted by atomic mass is 9.91. The second kappa shape index (κ2) is 12.5. The molecule has 0 saturated heterocycles. The van der Waals surface area contributed by atoms with Crippen LogP contribution in [-0.4, -0.2) is 51.9 Å². The molecular formula is C32H33N3O7. The Kier molecular flexibility index (Phi) is 8.56. The largest absolute Gasteiger partial charge is 0.506 e. The number of aryl methyl sites for hydroxylation is 1. The van der Waals surface area contributed by atoms with Gasteiger partial charge in [0, 0.05) is 23.6 Å². The first kappa shape index (κ1) is 28.8. The zero-order valence-electron chi connectivity index (χ0n) is 22.9. The van der Waals surface area contributed by atoms with E-state index in [0.29, 0.717) is 65.9 Å². The summed E-state index contributed by atoms with van der Waals surface area (Å²) in [6.45, 7) is 1.34. The Labute approximate surface area is 242 Å². The number of aromatic amines is 1. The third-order valence-corrected chi connectivity index (χ3v) is 7.65. The van der Waals surface area contributed by atoms with Gasteiger partial charge in [-0.3, -0.25) is 9.59 Å². The highest BCUT2D eigenvalue weighted by Crippen LogP contribution is 2.37. The number of pyridine rings is 1. The van der Waals surface area contributed by atoms with Crippen LogP contribution in [0.3, 0.4) is 0 Å². The van der Waals surface area contributed by atoms with Crippen LogP contribution >= 0.6 is 0 Å². The summed E-state index contributed by atoms with van der Waals surface area (Å²) >= 11 is 0. The molecule has 0 fully saturated rings. The van der Waals surface area contributed by atoms with Crippen molar-refractivity contribution >= 4 is 22.8 Å². The number of phenolic OH excluding ortho intramolecular Hbond substituents is 1. The number of carbonyl (C=O) groups excluding carboxylic acids is 1. The minimum Gasteiger partial charge on any atom is -0.506 e. The molecule has 4 aromatic rings. The molecule has 0 spiro atoms. The molecule has 5 rings (SSSR count). The minimum atomic E-state index is -1.46. The van der Waals surface area contributed by atoms with E-state index in [2.05, 4.69) is 15.6 Å². The predicted octanol–water partition coefficient (Wildman–Crippen LogP) is 3.37. The van der Waals surface area contributed by atoms with Crippen LogP contribution in [0.4, 0.5) is 0 Å². The summed E-state index contributed by atoms with van der Waals surface area (Å²) in [5.74, 6) is -1.10. The van der Waals surface area contributed by atoms with Crippen molar-refractivity contribution in [3.05, 3.63) is 105 Å². The van der Waals surface area contributed by atoms with Crippen LogP contribution < -0.4 is 20.9 Å². The summed E-state index contributed by atoms with van der Waals surface area (Å²) in [7, 11) is 0. The van der Waals surface area contributed by atoms with Crippen molar-refractivity contribution in [3.8, 4) is 11.5 Å². The minimum absolute atomic E-state index is 0.0541. The van der Waals surface area contributed by atoms with Crippen molar-refractivity contribution < 1.29 is 29.6 Å². The summed E-state index contributed by atoms with van der Waals surface area (Å²) < 4.78 is 5.84. The fourth-order valence-electron chi connectivity index (χ4n) is 5.45. The quantitative estimate of drug-likeness (QED) is 0.141. The SMILES string of the molecule is O=C(NC1(C(=O)O)CCc2ccccc21)c1cccc(OCCCCNC[C@H](O)c2ccc(O)c3[nH]c(=O)ccc23)c1. The second-order valence-corrected chi connectivity index (χ2v) is 10.4. The highest BCUT2D eigenvalue weighted by molar-refractivity contribution is 5.99. The average Bonchev–Trinajstić information content (AvgIpc) is 3.36. The number of carboxylic acids is 1. The summed E-state index contributed by atoms with van der Waals surface area (Å²) in [5, 5.41) is 37.3. The van der Waals surface area contributed by atoms with Gasteiger partial charge < -0.3 is 35.7 Å². The molecule has 0 radical (unpaired) electrons. The molecule has 1 aliphatic carbocycles. The van der Waals surface area contributed by atoms with Crippen LogP contribution in [0.1, 0.15) is 52.4 Å². The number of aromatic nitrogens is 1. The number of hydrogen-bond donors (Lipinski definition) is 6. The average molecular weight is 572 g/mol. The van der Waals surface area contributed by atoms with Crippen molar-refractivity contribution in [1.29, 1.82) is 0 Å². The normalized spacial score (nSPS) is 16.6. The van der Waals surface area contributed by atoms with E-state index in [9.17, 15) is 29.7 Å². The molecule has 1 aromatic heterocycles. The number of amides is 1. The first-order valence-corrected chi connectivity index (χ1v) is 13.9. The highest BCUT2D eigenvalue weighted by Gasteiger charge is 2.46.